The Bertz CT molecular complexity index is 834. The SMILES string of the molecule is CC1Cc2cc(NS(=O)(=O)c3cnn(C(C)(C)C)c3)ccc2O1. The van der Waals surface area contributed by atoms with E-state index in [1.54, 1.807) is 23.0 Å². The maximum absolute atomic E-state index is 12.5. The molecule has 1 aliphatic rings. The minimum absolute atomic E-state index is 0.127. The Kier molecular flexibility index (Phi) is 3.63. The molecule has 6 nitrogen and oxygen atoms in total. The van der Waals surface area contributed by atoms with E-state index in [2.05, 4.69) is 9.82 Å². The highest BCUT2D eigenvalue weighted by Crippen LogP contribution is 2.31. The van der Waals surface area contributed by atoms with Crippen molar-refractivity contribution in [2.75, 3.05) is 4.72 Å². The first-order chi connectivity index (χ1) is 10.6. The summed E-state index contributed by atoms with van der Waals surface area (Å²) in [4.78, 5) is 0.151. The summed E-state index contributed by atoms with van der Waals surface area (Å²) in [6.07, 6.45) is 3.82. The average Bonchev–Trinajstić information content (AvgIpc) is 3.02. The van der Waals surface area contributed by atoms with Gasteiger partial charge in [0.2, 0.25) is 0 Å². The highest BCUT2D eigenvalue weighted by Gasteiger charge is 2.23. The third-order valence-corrected chi connectivity index (χ3v) is 5.04. The van der Waals surface area contributed by atoms with Gasteiger partial charge < -0.3 is 4.74 Å². The average molecular weight is 335 g/mol. The van der Waals surface area contributed by atoms with Gasteiger partial charge in [-0.1, -0.05) is 0 Å². The number of sulfonamides is 1. The van der Waals surface area contributed by atoms with Crippen LogP contribution in [0.25, 0.3) is 0 Å². The lowest BCUT2D eigenvalue weighted by atomic mass is 10.1. The molecule has 7 heteroatoms. The predicted octanol–water partition coefficient (Wildman–Crippen LogP) is 2.76. The summed E-state index contributed by atoms with van der Waals surface area (Å²) < 4.78 is 34.9. The maximum Gasteiger partial charge on any atom is 0.265 e. The molecule has 0 aliphatic carbocycles. The van der Waals surface area contributed by atoms with Crippen LogP contribution in [0.2, 0.25) is 0 Å². The van der Waals surface area contributed by atoms with E-state index in [0.717, 1.165) is 17.7 Å². The third kappa shape index (κ3) is 3.19. The lowest BCUT2D eigenvalue weighted by molar-refractivity contribution is 0.254. The smallest absolute Gasteiger partial charge is 0.265 e. The van der Waals surface area contributed by atoms with E-state index in [0.29, 0.717) is 5.69 Å². The van der Waals surface area contributed by atoms with Crippen LogP contribution in [0.5, 0.6) is 5.75 Å². The lowest BCUT2D eigenvalue weighted by Gasteiger charge is -2.18. The molecule has 0 saturated heterocycles. The molecule has 2 aromatic rings. The fourth-order valence-corrected chi connectivity index (χ4v) is 3.49. The standard InChI is InChI=1S/C16H21N3O3S/c1-11-7-12-8-13(5-6-15(12)22-11)18-23(20,21)14-9-17-19(10-14)16(2,3)4/h5-6,8-11,18H,7H2,1-4H3. The number of hydrogen-bond acceptors (Lipinski definition) is 4. The topological polar surface area (TPSA) is 73.2 Å². The summed E-state index contributed by atoms with van der Waals surface area (Å²) in [5.74, 6) is 0.820. The second-order valence-corrected chi connectivity index (χ2v) is 8.53. The Balaban J connectivity index is 1.85. The molecule has 23 heavy (non-hydrogen) atoms. The zero-order valence-electron chi connectivity index (χ0n) is 13.7. The second kappa shape index (κ2) is 5.26. The van der Waals surface area contributed by atoms with Crippen molar-refractivity contribution in [1.82, 2.24) is 9.78 Å². The van der Waals surface area contributed by atoms with Gasteiger partial charge in [-0.05, 0) is 51.5 Å². The Hall–Kier alpha value is -2.02. The van der Waals surface area contributed by atoms with Crippen molar-refractivity contribution >= 4 is 15.7 Å². The quantitative estimate of drug-likeness (QED) is 0.936. The molecule has 1 aromatic carbocycles. The minimum Gasteiger partial charge on any atom is -0.490 e. The van der Waals surface area contributed by atoms with Gasteiger partial charge in [-0.15, -0.1) is 0 Å². The zero-order valence-corrected chi connectivity index (χ0v) is 14.5. The molecule has 1 N–H and O–H groups in total. The van der Waals surface area contributed by atoms with E-state index in [1.165, 1.54) is 6.20 Å². The predicted molar refractivity (Wildman–Crippen MR) is 88.3 cm³/mol. The van der Waals surface area contributed by atoms with Crippen molar-refractivity contribution in [2.45, 2.75) is 50.7 Å². The number of aromatic nitrogens is 2. The van der Waals surface area contributed by atoms with Crippen LogP contribution >= 0.6 is 0 Å². The van der Waals surface area contributed by atoms with Crippen LogP contribution < -0.4 is 9.46 Å². The number of ether oxygens (including phenoxy) is 1. The van der Waals surface area contributed by atoms with Crippen LogP contribution in [-0.4, -0.2) is 24.3 Å². The van der Waals surface area contributed by atoms with Gasteiger partial charge in [0.15, 0.2) is 0 Å². The van der Waals surface area contributed by atoms with Crippen LogP contribution in [0.4, 0.5) is 5.69 Å². The van der Waals surface area contributed by atoms with E-state index >= 15 is 0 Å². The molecule has 124 valence electrons. The normalized spacial score (nSPS) is 17.7. The lowest BCUT2D eigenvalue weighted by Crippen LogP contribution is -2.22. The summed E-state index contributed by atoms with van der Waals surface area (Å²) in [5, 5.41) is 4.14. The molecule has 3 rings (SSSR count). The molecule has 1 atom stereocenters. The van der Waals surface area contributed by atoms with Gasteiger partial charge in [0.05, 0.1) is 11.7 Å². The first kappa shape index (κ1) is 15.9. The molecule has 0 saturated carbocycles. The van der Waals surface area contributed by atoms with Gasteiger partial charge in [-0.25, -0.2) is 8.42 Å². The number of nitrogens with one attached hydrogen (secondary N) is 1. The van der Waals surface area contributed by atoms with Crippen molar-refractivity contribution in [1.29, 1.82) is 0 Å². The number of benzene rings is 1. The van der Waals surface area contributed by atoms with Gasteiger partial charge in [0.25, 0.3) is 10.0 Å². The summed E-state index contributed by atoms with van der Waals surface area (Å²) in [7, 11) is -3.66. The highest BCUT2D eigenvalue weighted by atomic mass is 32.2. The number of nitrogens with zero attached hydrogens (tertiary/aromatic N) is 2. The first-order valence-corrected chi connectivity index (χ1v) is 9.01. The van der Waals surface area contributed by atoms with Gasteiger partial charge in [0, 0.05) is 18.3 Å². The van der Waals surface area contributed by atoms with Gasteiger partial charge >= 0.3 is 0 Å². The molecule has 1 aromatic heterocycles. The monoisotopic (exact) mass is 335 g/mol. The molecular weight excluding hydrogens is 314 g/mol. The van der Waals surface area contributed by atoms with Crippen molar-refractivity contribution in [2.24, 2.45) is 0 Å². The van der Waals surface area contributed by atoms with Crippen molar-refractivity contribution in [3.8, 4) is 5.75 Å². The third-order valence-electron chi connectivity index (χ3n) is 3.70. The van der Waals surface area contributed by atoms with Gasteiger partial charge in [-0.2, -0.15) is 5.10 Å². The molecule has 0 amide bonds. The van der Waals surface area contributed by atoms with Crippen molar-refractivity contribution in [3.05, 3.63) is 36.2 Å². The first-order valence-electron chi connectivity index (χ1n) is 7.53. The molecule has 1 unspecified atom stereocenters. The maximum atomic E-state index is 12.5. The summed E-state index contributed by atoms with van der Waals surface area (Å²) in [6, 6.07) is 5.34. The molecule has 0 radical (unpaired) electrons. The molecule has 2 heterocycles. The Labute approximate surface area is 136 Å². The van der Waals surface area contributed by atoms with E-state index in [4.69, 9.17) is 4.74 Å². The van der Waals surface area contributed by atoms with E-state index in [9.17, 15) is 8.42 Å². The van der Waals surface area contributed by atoms with Crippen molar-refractivity contribution in [3.63, 3.8) is 0 Å². The molecule has 1 aliphatic heterocycles. The summed E-state index contributed by atoms with van der Waals surface area (Å²) in [5.41, 5.74) is 1.28. The van der Waals surface area contributed by atoms with Crippen LogP contribution in [0.3, 0.4) is 0 Å². The largest absolute Gasteiger partial charge is 0.490 e. The molecule has 0 spiro atoms. The fraction of sp³-hybridized carbons (Fsp3) is 0.438. The van der Waals surface area contributed by atoms with Crippen LogP contribution in [0.15, 0.2) is 35.5 Å². The summed E-state index contributed by atoms with van der Waals surface area (Å²) >= 11 is 0. The van der Waals surface area contributed by atoms with Gasteiger partial charge in [-0.3, -0.25) is 9.40 Å². The zero-order chi connectivity index (χ0) is 16.8. The Morgan fingerprint density at radius 2 is 2.09 bits per heavy atom. The Morgan fingerprint density at radius 1 is 1.35 bits per heavy atom. The van der Waals surface area contributed by atoms with Crippen LogP contribution in [-0.2, 0) is 22.0 Å². The second-order valence-electron chi connectivity index (χ2n) is 6.85. The number of rotatable bonds is 3. The molecular formula is C16H21N3O3S. The van der Waals surface area contributed by atoms with E-state index in [1.807, 2.05) is 33.8 Å². The van der Waals surface area contributed by atoms with Crippen molar-refractivity contribution < 1.29 is 13.2 Å². The molecule has 0 bridgehead atoms. The number of hydrogen-bond donors (Lipinski definition) is 1. The minimum atomic E-state index is -3.66. The number of fused-ring (bicyclic) bond motifs is 1. The number of anilines is 1. The molecule has 0 fully saturated rings. The van der Waals surface area contributed by atoms with Crippen LogP contribution in [0, 0.1) is 0 Å². The van der Waals surface area contributed by atoms with E-state index in [-0.39, 0.29) is 16.5 Å². The fourth-order valence-electron chi connectivity index (χ4n) is 2.51. The van der Waals surface area contributed by atoms with Gasteiger partial charge in [0.1, 0.15) is 16.7 Å². The highest BCUT2D eigenvalue weighted by molar-refractivity contribution is 7.92. The van der Waals surface area contributed by atoms with E-state index < -0.39 is 10.0 Å². The van der Waals surface area contributed by atoms with Crippen LogP contribution in [0.1, 0.15) is 33.3 Å². The Morgan fingerprint density at radius 3 is 2.74 bits per heavy atom. The summed E-state index contributed by atoms with van der Waals surface area (Å²) in [6.45, 7) is 7.88.